The fourth-order valence-corrected chi connectivity index (χ4v) is 5.93. The number of nitrogens with one attached hydrogen (secondary N) is 1. The highest BCUT2D eigenvalue weighted by atomic mass is 32.2. The van der Waals surface area contributed by atoms with E-state index in [0.29, 0.717) is 45.2 Å². The summed E-state index contributed by atoms with van der Waals surface area (Å²) >= 11 is 1.22. The van der Waals surface area contributed by atoms with Crippen LogP contribution in [0.2, 0.25) is 0 Å². The van der Waals surface area contributed by atoms with E-state index in [9.17, 15) is 18.0 Å². The summed E-state index contributed by atoms with van der Waals surface area (Å²) in [6.45, 7) is 2.64. The van der Waals surface area contributed by atoms with Gasteiger partial charge in [0.2, 0.25) is 5.91 Å². The Hall–Kier alpha value is -1.45. The molecule has 1 amide bonds. The van der Waals surface area contributed by atoms with E-state index in [0.717, 1.165) is 4.88 Å². The van der Waals surface area contributed by atoms with Gasteiger partial charge in [0.25, 0.3) is 10.0 Å². The third kappa shape index (κ3) is 5.26. The molecule has 0 saturated carbocycles. The number of aliphatic carboxylic acids is 1. The minimum atomic E-state index is -3.64. The molecular formula is C16H24N2O5S2. The molecule has 2 rings (SSSR count). The predicted molar refractivity (Wildman–Crippen MR) is 95.1 cm³/mol. The molecule has 1 unspecified atom stereocenters. The summed E-state index contributed by atoms with van der Waals surface area (Å²) in [6, 6.07) is 2.69. The van der Waals surface area contributed by atoms with Gasteiger partial charge in [0.05, 0.1) is 0 Å². The van der Waals surface area contributed by atoms with Gasteiger partial charge in [0, 0.05) is 24.4 Å². The fraction of sp³-hybridized carbons (Fsp3) is 0.625. The standard InChI is InChI=1S/C16H24N2O5S2/c1-12-8-9-15(24-12)25(22,23)18-11-5-6-13(18)16(21)17-10-4-2-3-7-14(19)20/h8-9,13H,2-7,10-11H2,1H3,(H,17,21)(H,19,20). The Morgan fingerprint density at radius 2 is 2.08 bits per heavy atom. The second-order valence-electron chi connectivity index (χ2n) is 6.13. The number of unbranched alkanes of at least 4 members (excludes halogenated alkanes) is 2. The molecule has 1 saturated heterocycles. The van der Waals surface area contributed by atoms with Crippen LogP contribution in [0.4, 0.5) is 0 Å². The van der Waals surface area contributed by atoms with E-state index in [1.807, 2.05) is 6.92 Å². The maximum absolute atomic E-state index is 12.7. The number of amides is 1. The number of thiophene rings is 1. The van der Waals surface area contributed by atoms with Crippen molar-refractivity contribution in [3.05, 3.63) is 17.0 Å². The summed E-state index contributed by atoms with van der Waals surface area (Å²) in [4.78, 5) is 23.7. The lowest BCUT2D eigenvalue weighted by molar-refractivity contribution is -0.137. The first-order chi connectivity index (χ1) is 11.8. The van der Waals surface area contributed by atoms with Crippen molar-refractivity contribution >= 4 is 33.2 Å². The smallest absolute Gasteiger partial charge is 0.303 e. The first-order valence-corrected chi connectivity index (χ1v) is 10.7. The van der Waals surface area contributed by atoms with Gasteiger partial charge in [-0.1, -0.05) is 6.42 Å². The molecule has 1 atom stereocenters. The van der Waals surface area contributed by atoms with Crippen LogP contribution in [0.5, 0.6) is 0 Å². The number of aryl methyl sites for hydroxylation is 1. The Balaban J connectivity index is 1.88. The lowest BCUT2D eigenvalue weighted by Gasteiger charge is -2.22. The minimum absolute atomic E-state index is 0.128. The number of hydrogen-bond acceptors (Lipinski definition) is 5. The Kier molecular flexibility index (Phi) is 6.97. The lowest BCUT2D eigenvalue weighted by atomic mass is 10.2. The molecule has 140 valence electrons. The molecule has 0 aliphatic carbocycles. The molecular weight excluding hydrogens is 364 g/mol. The molecule has 0 aromatic carbocycles. The van der Waals surface area contributed by atoms with Crippen molar-refractivity contribution in [3.8, 4) is 0 Å². The van der Waals surface area contributed by atoms with Gasteiger partial charge in [-0.15, -0.1) is 11.3 Å². The van der Waals surface area contributed by atoms with Gasteiger partial charge in [-0.2, -0.15) is 4.31 Å². The summed E-state index contributed by atoms with van der Waals surface area (Å²) in [7, 11) is -3.64. The van der Waals surface area contributed by atoms with Crippen LogP contribution in [-0.2, 0) is 19.6 Å². The average molecular weight is 389 g/mol. The summed E-state index contributed by atoms with van der Waals surface area (Å²) in [5, 5.41) is 11.4. The molecule has 1 aliphatic rings. The zero-order valence-corrected chi connectivity index (χ0v) is 15.9. The van der Waals surface area contributed by atoms with Crippen molar-refractivity contribution in [2.24, 2.45) is 0 Å². The van der Waals surface area contributed by atoms with Gasteiger partial charge in [-0.05, 0) is 44.7 Å². The van der Waals surface area contributed by atoms with E-state index in [2.05, 4.69) is 5.32 Å². The highest BCUT2D eigenvalue weighted by molar-refractivity contribution is 7.91. The van der Waals surface area contributed by atoms with Crippen molar-refractivity contribution in [1.29, 1.82) is 0 Å². The van der Waals surface area contributed by atoms with Crippen LogP contribution >= 0.6 is 11.3 Å². The third-order valence-corrected chi connectivity index (χ3v) is 7.53. The van der Waals surface area contributed by atoms with Crippen LogP contribution in [0.15, 0.2) is 16.3 Å². The normalized spacial score (nSPS) is 18.4. The van der Waals surface area contributed by atoms with Gasteiger partial charge in [0.1, 0.15) is 10.3 Å². The van der Waals surface area contributed by atoms with Gasteiger partial charge >= 0.3 is 5.97 Å². The highest BCUT2D eigenvalue weighted by Gasteiger charge is 2.39. The third-order valence-electron chi connectivity index (χ3n) is 4.15. The van der Waals surface area contributed by atoms with E-state index >= 15 is 0 Å². The number of rotatable bonds is 9. The van der Waals surface area contributed by atoms with Crippen molar-refractivity contribution < 1.29 is 23.1 Å². The summed E-state index contributed by atoms with van der Waals surface area (Å²) < 4.78 is 27.1. The predicted octanol–water partition coefficient (Wildman–Crippen LogP) is 1.97. The lowest BCUT2D eigenvalue weighted by Crippen LogP contribution is -2.45. The van der Waals surface area contributed by atoms with Gasteiger partial charge < -0.3 is 10.4 Å². The van der Waals surface area contributed by atoms with Gasteiger partial charge in [0.15, 0.2) is 0 Å². The van der Waals surface area contributed by atoms with Crippen LogP contribution in [0.25, 0.3) is 0 Å². The number of carboxylic acid groups (broad SMARTS) is 1. The number of carbonyl (C=O) groups excluding carboxylic acids is 1. The maximum Gasteiger partial charge on any atom is 0.303 e. The first-order valence-electron chi connectivity index (χ1n) is 8.40. The van der Waals surface area contributed by atoms with Gasteiger partial charge in [-0.25, -0.2) is 8.42 Å². The van der Waals surface area contributed by atoms with E-state index < -0.39 is 22.0 Å². The molecule has 1 aliphatic heterocycles. The molecule has 1 aromatic heterocycles. The topological polar surface area (TPSA) is 104 Å². The summed E-state index contributed by atoms with van der Waals surface area (Å²) in [6.07, 6.45) is 3.29. The Bertz CT molecular complexity index is 714. The van der Waals surface area contributed by atoms with E-state index in [4.69, 9.17) is 5.11 Å². The quantitative estimate of drug-likeness (QED) is 0.630. The van der Waals surface area contributed by atoms with Crippen LogP contribution in [0.3, 0.4) is 0 Å². The number of carbonyl (C=O) groups is 2. The molecule has 2 N–H and O–H groups in total. The van der Waals surface area contributed by atoms with Crippen molar-refractivity contribution in [1.82, 2.24) is 9.62 Å². The average Bonchev–Trinajstić information content (AvgIpc) is 3.19. The Labute approximate surface area is 152 Å². The van der Waals surface area contributed by atoms with Crippen LogP contribution in [0.1, 0.15) is 43.4 Å². The maximum atomic E-state index is 12.7. The first kappa shape index (κ1) is 19.9. The van der Waals surface area contributed by atoms with Crippen LogP contribution < -0.4 is 5.32 Å². The summed E-state index contributed by atoms with van der Waals surface area (Å²) in [5.74, 6) is -1.09. The minimum Gasteiger partial charge on any atom is -0.481 e. The molecule has 0 spiro atoms. The number of carboxylic acids is 1. The van der Waals surface area contributed by atoms with Crippen LogP contribution in [0, 0.1) is 6.92 Å². The zero-order valence-electron chi connectivity index (χ0n) is 14.2. The molecule has 9 heteroatoms. The molecule has 0 radical (unpaired) electrons. The van der Waals surface area contributed by atoms with Crippen molar-refractivity contribution in [2.75, 3.05) is 13.1 Å². The van der Waals surface area contributed by atoms with Crippen LogP contribution in [-0.4, -0.2) is 48.8 Å². The summed E-state index contributed by atoms with van der Waals surface area (Å²) in [5.41, 5.74) is 0. The van der Waals surface area contributed by atoms with Gasteiger partial charge in [-0.3, -0.25) is 9.59 Å². The largest absolute Gasteiger partial charge is 0.481 e. The second-order valence-corrected chi connectivity index (χ2v) is 9.54. The van der Waals surface area contributed by atoms with Crippen molar-refractivity contribution in [2.45, 2.75) is 55.7 Å². The van der Waals surface area contributed by atoms with Crippen molar-refractivity contribution in [3.63, 3.8) is 0 Å². The van der Waals surface area contributed by atoms with E-state index in [1.165, 1.54) is 15.6 Å². The molecule has 2 heterocycles. The Morgan fingerprint density at radius 3 is 2.72 bits per heavy atom. The van der Waals surface area contributed by atoms with E-state index in [-0.39, 0.29) is 16.5 Å². The molecule has 7 nitrogen and oxygen atoms in total. The number of hydrogen-bond donors (Lipinski definition) is 2. The number of nitrogens with zero attached hydrogens (tertiary/aromatic N) is 1. The highest BCUT2D eigenvalue weighted by Crippen LogP contribution is 2.30. The fourth-order valence-electron chi connectivity index (χ4n) is 2.86. The molecule has 0 bridgehead atoms. The monoisotopic (exact) mass is 388 g/mol. The number of sulfonamides is 1. The Morgan fingerprint density at radius 1 is 1.32 bits per heavy atom. The second kappa shape index (κ2) is 8.77. The van der Waals surface area contributed by atoms with E-state index in [1.54, 1.807) is 12.1 Å². The SMILES string of the molecule is Cc1ccc(S(=O)(=O)N2CCCC2C(=O)NCCCCCC(=O)O)s1. The molecule has 1 aromatic rings. The molecule has 1 fully saturated rings. The zero-order chi connectivity index (χ0) is 18.4. The molecule has 25 heavy (non-hydrogen) atoms.